The molecule has 2 saturated carbocycles. The van der Waals surface area contributed by atoms with Gasteiger partial charge < -0.3 is 20.1 Å². The van der Waals surface area contributed by atoms with Gasteiger partial charge in [0.25, 0.3) is 0 Å². The van der Waals surface area contributed by atoms with E-state index < -0.39 is 0 Å². The summed E-state index contributed by atoms with van der Waals surface area (Å²) in [6.07, 6.45) is 15.9. The highest BCUT2D eigenvalue weighted by Gasteiger charge is 2.14. The van der Waals surface area contributed by atoms with Gasteiger partial charge in [0.15, 0.2) is 0 Å². The zero-order valence-corrected chi connectivity index (χ0v) is 22.7. The maximum atomic E-state index is 12.3. The molecule has 0 spiro atoms. The number of anilines is 2. The molecule has 2 aliphatic carbocycles. The largest absolute Gasteiger partial charge is 0.494 e. The molecule has 0 heterocycles. The van der Waals surface area contributed by atoms with E-state index in [1.807, 2.05) is 48.5 Å². The molecule has 0 saturated heterocycles. The van der Waals surface area contributed by atoms with Crippen LogP contribution in [0, 0.1) is 11.8 Å². The molecule has 0 atom stereocenters. The number of hydrogen-bond acceptors (Lipinski definition) is 4. The fraction of sp³-hybridized carbons (Fsp3) is 0.562. The summed E-state index contributed by atoms with van der Waals surface area (Å²) in [6, 6.07) is 14.9. The summed E-state index contributed by atoms with van der Waals surface area (Å²) >= 11 is 0. The number of nitrogens with one attached hydrogen (secondary N) is 2. The summed E-state index contributed by atoms with van der Waals surface area (Å²) in [5.41, 5.74) is 1.41. The molecule has 0 radical (unpaired) electrons. The highest BCUT2D eigenvalue weighted by Crippen LogP contribution is 2.28. The molecule has 38 heavy (non-hydrogen) atoms. The predicted molar refractivity (Wildman–Crippen MR) is 153 cm³/mol. The number of amides is 2. The van der Waals surface area contributed by atoms with Crippen LogP contribution in [0.25, 0.3) is 0 Å². The molecular formula is C32H44N2O4. The van der Waals surface area contributed by atoms with Crippen LogP contribution in [0.5, 0.6) is 11.5 Å². The van der Waals surface area contributed by atoms with Crippen LogP contribution >= 0.6 is 0 Å². The second kappa shape index (κ2) is 15.4. The minimum absolute atomic E-state index is 0.119. The Morgan fingerprint density at radius 3 is 1.32 bits per heavy atom. The van der Waals surface area contributed by atoms with Gasteiger partial charge in [0.05, 0.1) is 13.2 Å². The lowest BCUT2D eigenvalue weighted by Crippen LogP contribution is -2.17. The van der Waals surface area contributed by atoms with Crippen molar-refractivity contribution < 1.29 is 19.1 Å². The molecule has 6 heteroatoms. The van der Waals surface area contributed by atoms with E-state index in [1.165, 1.54) is 64.2 Å². The van der Waals surface area contributed by atoms with Crippen molar-refractivity contribution in [2.75, 3.05) is 23.8 Å². The molecule has 0 unspecified atom stereocenters. The van der Waals surface area contributed by atoms with Crippen LogP contribution in [0.4, 0.5) is 11.4 Å². The van der Waals surface area contributed by atoms with Gasteiger partial charge in [0.1, 0.15) is 11.5 Å². The molecule has 2 aromatic rings. The second-order valence-corrected chi connectivity index (χ2v) is 10.9. The Hall–Kier alpha value is -3.02. The van der Waals surface area contributed by atoms with Crippen LogP contribution < -0.4 is 20.1 Å². The fourth-order valence-electron chi connectivity index (χ4n) is 5.58. The van der Waals surface area contributed by atoms with Gasteiger partial charge in [-0.2, -0.15) is 0 Å². The molecule has 2 aromatic carbocycles. The van der Waals surface area contributed by atoms with Gasteiger partial charge in [-0.05, 0) is 73.2 Å². The van der Waals surface area contributed by atoms with Crippen molar-refractivity contribution >= 4 is 23.2 Å². The summed E-state index contributed by atoms with van der Waals surface area (Å²) in [4.78, 5) is 24.6. The second-order valence-electron chi connectivity index (χ2n) is 10.9. The minimum Gasteiger partial charge on any atom is -0.494 e. The number of hydrogen-bond donors (Lipinski definition) is 2. The zero-order valence-electron chi connectivity index (χ0n) is 22.7. The average Bonchev–Trinajstić information content (AvgIpc) is 2.95. The molecule has 4 rings (SSSR count). The normalized spacial score (nSPS) is 16.5. The molecular weight excluding hydrogens is 476 g/mol. The summed E-state index contributed by atoms with van der Waals surface area (Å²) in [6.45, 7) is 1.48. The summed E-state index contributed by atoms with van der Waals surface area (Å²) < 4.78 is 11.8. The maximum absolute atomic E-state index is 12.3. The van der Waals surface area contributed by atoms with E-state index in [9.17, 15) is 9.59 Å². The van der Waals surface area contributed by atoms with Gasteiger partial charge in [-0.25, -0.2) is 0 Å². The van der Waals surface area contributed by atoms with Crippen molar-refractivity contribution in [2.45, 2.75) is 89.9 Å². The van der Waals surface area contributed by atoms with Crippen molar-refractivity contribution in [1.82, 2.24) is 0 Å². The van der Waals surface area contributed by atoms with E-state index in [2.05, 4.69) is 10.6 Å². The lowest BCUT2D eigenvalue weighted by Gasteiger charge is -2.21. The van der Waals surface area contributed by atoms with Crippen LogP contribution in [0.15, 0.2) is 48.5 Å². The first kappa shape index (κ1) is 28.0. The third-order valence-corrected chi connectivity index (χ3v) is 7.89. The molecule has 0 aromatic heterocycles. The highest BCUT2D eigenvalue weighted by atomic mass is 16.5. The van der Waals surface area contributed by atoms with Gasteiger partial charge >= 0.3 is 0 Å². The maximum Gasteiger partial charge on any atom is 0.224 e. The van der Waals surface area contributed by atoms with E-state index >= 15 is 0 Å². The van der Waals surface area contributed by atoms with Gasteiger partial charge in [-0.3, -0.25) is 9.59 Å². The topological polar surface area (TPSA) is 76.7 Å². The van der Waals surface area contributed by atoms with Gasteiger partial charge in [0.2, 0.25) is 11.8 Å². The summed E-state index contributed by atoms with van der Waals surface area (Å²) in [7, 11) is 0. The number of carbonyl (C=O) groups excluding carboxylic acids is 2. The summed E-state index contributed by atoms with van der Waals surface area (Å²) in [5.74, 6) is 2.86. The van der Waals surface area contributed by atoms with Crippen molar-refractivity contribution in [3.8, 4) is 11.5 Å². The third kappa shape index (κ3) is 10.0. The predicted octanol–water partition coefficient (Wildman–Crippen LogP) is 7.74. The average molecular weight is 521 g/mol. The third-order valence-electron chi connectivity index (χ3n) is 7.89. The van der Waals surface area contributed by atoms with Gasteiger partial charge in [-0.15, -0.1) is 0 Å². The number of rotatable bonds is 13. The standard InChI is InChI=1S/C32H44N2O4/c35-31(33-27-11-15-29(16-12-27)37-23-21-25-7-3-1-4-8-25)19-20-32(36)34-28-13-17-30(18-14-28)38-24-22-26-9-5-2-6-10-26/h11-18,25-26H,1-10,19-24H2,(H,33,35)(H,34,36). The Labute approximate surface area is 227 Å². The van der Waals surface area contributed by atoms with Crippen molar-refractivity contribution in [1.29, 1.82) is 0 Å². The molecule has 2 fully saturated rings. The Kier molecular flexibility index (Phi) is 11.4. The molecule has 0 aliphatic heterocycles. The van der Waals surface area contributed by atoms with Crippen LogP contribution in [0.2, 0.25) is 0 Å². The van der Waals surface area contributed by atoms with Crippen molar-refractivity contribution in [3.63, 3.8) is 0 Å². The highest BCUT2D eigenvalue weighted by molar-refractivity contribution is 5.96. The lowest BCUT2D eigenvalue weighted by molar-refractivity contribution is -0.121. The Morgan fingerprint density at radius 2 is 0.947 bits per heavy atom. The van der Waals surface area contributed by atoms with Gasteiger partial charge in [-0.1, -0.05) is 64.2 Å². The van der Waals surface area contributed by atoms with Crippen molar-refractivity contribution in [3.05, 3.63) is 48.5 Å². The van der Waals surface area contributed by atoms with Crippen LogP contribution in [-0.2, 0) is 9.59 Å². The molecule has 2 N–H and O–H groups in total. The van der Waals surface area contributed by atoms with Crippen LogP contribution in [0.3, 0.4) is 0 Å². The Bertz CT molecular complexity index is 896. The Balaban J connectivity index is 1.08. The van der Waals surface area contributed by atoms with Crippen molar-refractivity contribution in [2.24, 2.45) is 11.8 Å². The first-order valence-corrected chi connectivity index (χ1v) is 14.7. The molecule has 6 nitrogen and oxygen atoms in total. The van der Waals surface area contributed by atoms with E-state index in [1.54, 1.807) is 0 Å². The fourth-order valence-corrected chi connectivity index (χ4v) is 5.58. The van der Waals surface area contributed by atoms with Crippen LogP contribution in [-0.4, -0.2) is 25.0 Å². The molecule has 206 valence electrons. The van der Waals surface area contributed by atoms with E-state index in [-0.39, 0.29) is 24.7 Å². The molecule has 2 aliphatic rings. The lowest BCUT2D eigenvalue weighted by atomic mass is 9.87. The number of carbonyl (C=O) groups is 2. The van der Waals surface area contributed by atoms with Gasteiger partial charge in [0, 0.05) is 24.2 Å². The molecule has 2 amide bonds. The SMILES string of the molecule is O=C(CCC(=O)Nc1ccc(OCCC2CCCCC2)cc1)Nc1ccc(OCCC2CCCCC2)cc1. The number of ether oxygens (including phenoxy) is 2. The smallest absolute Gasteiger partial charge is 0.224 e. The van der Waals surface area contributed by atoms with E-state index in [4.69, 9.17) is 9.47 Å². The first-order valence-electron chi connectivity index (χ1n) is 14.7. The quantitative estimate of drug-likeness (QED) is 0.283. The minimum atomic E-state index is -0.187. The first-order chi connectivity index (χ1) is 18.6. The van der Waals surface area contributed by atoms with E-state index in [0.717, 1.165) is 49.4 Å². The zero-order chi connectivity index (χ0) is 26.4. The molecule has 0 bridgehead atoms. The number of benzene rings is 2. The Morgan fingerprint density at radius 1 is 0.579 bits per heavy atom. The van der Waals surface area contributed by atoms with E-state index in [0.29, 0.717) is 11.4 Å². The monoisotopic (exact) mass is 520 g/mol. The summed E-state index contributed by atoms with van der Waals surface area (Å²) in [5, 5.41) is 5.71. The van der Waals surface area contributed by atoms with Crippen LogP contribution in [0.1, 0.15) is 89.9 Å².